The number of benzene rings is 2. The zero-order valence-corrected chi connectivity index (χ0v) is 16.9. The topological polar surface area (TPSA) is 132 Å². The number of carbonyl (C=O) groups is 1. The number of carbonyl (C=O) groups excluding carboxylic acids is 1. The summed E-state index contributed by atoms with van der Waals surface area (Å²) in [5, 5.41) is 21.1. The second-order valence-corrected chi connectivity index (χ2v) is 7.70. The van der Waals surface area contributed by atoms with Gasteiger partial charge in [0.2, 0.25) is 6.79 Å². The highest BCUT2D eigenvalue weighted by atomic mass is 16.7. The average molecular weight is 430 g/mol. The molecule has 2 heterocycles. The summed E-state index contributed by atoms with van der Waals surface area (Å²) < 4.78 is 10.9. The number of nitrogens with zero attached hydrogens (tertiary/aromatic N) is 3. The number of ketones is 1. The Morgan fingerprint density at radius 3 is 2.59 bits per heavy atom. The average Bonchev–Trinajstić information content (AvgIpc) is 3.26. The van der Waals surface area contributed by atoms with Crippen LogP contribution in [0.4, 0.5) is 11.4 Å². The maximum atomic E-state index is 13.1. The Hall–Kier alpha value is -4.32. The molecule has 2 aromatic rings. The monoisotopic (exact) mass is 430 g/mol. The van der Waals surface area contributed by atoms with E-state index in [9.17, 15) is 20.2 Å². The number of fused-ring (bicyclic) bond motifs is 1. The van der Waals surface area contributed by atoms with Crippen LogP contribution in [0.1, 0.15) is 30.7 Å². The van der Waals surface area contributed by atoms with Crippen LogP contribution in [0.15, 0.2) is 65.1 Å². The molecule has 2 aromatic carbocycles. The lowest BCUT2D eigenvalue weighted by Gasteiger charge is -2.39. The van der Waals surface area contributed by atoms with Crippen LogP contribution in [-0.4, -0.2) is 17.5 Å². The number of Topliss-reactive ketones (excluding diaryl/α,β-unsaturated/α-hetero) is 1. The second kappa shape index (κ2) is 7.42. The van der Waals surface area contributed by atoms with Crippen molar-refractivity contribution in [1.82, 2.24) is 0 Å². The minimum absolute atomic E-state index is 0.0407. The van der Waals surface area contributed by atoms with Crippen molar-refractivity contribution in [2.45, 2.75) is 25.2 Å². The molecule has 0 bridgehead atoms. The van der Waals surface area contributed by atoms with Crippen LogP contribution in [0.25, 0.3) is 0 Å². The van der Waals surface area contributed by atoms with Gasteiger partial charge in [-0.05, 0) is 42.7 Å². The fourth-order valence-electron chi connectivity index (χ4n) is 4.53. The fourth-order valence-corrected chi connectivity index (χ4v) is 4.53. The van der Waals surface area contributed by atoms with Crippen molar-refractivity contribution in [1.29, 1.82) is 5.26 Å². The van der Waals surface area contributed by atoms with E-state index < -0.39 is 10.8 Å². The van der Waals surface area contributed by atoms with E-state index in [1.807, 2.05) is 6.07 Å². The van der Waals surface area contributed by atoms with E-state index in [-0.39, 0.29) is 29.7 Å². The molecular weight excluding hydrogens is 412 g/mol. The number of allylic oxidation sites excluding steroid dienone is 3. The third kappa shape index (κ3) is 2.96. The molecule has 160 valence electrons. The molecule has 32 heavy (non-hydrogen) atoms. The number of anilines is 1. The molecule has 0 radical (unpaired) electrons. The van der Waals surface area contributed by atoms with Crippen LogP contribution in [0, 0.1) is 21.4 Å². The highest BCUT2D eigenvalue weighted by Gasteiger charge is 2.40. The van der Waals surface area contributed by atoms with Crippen molar-refractivity contribution in [3.63, 3.8) is 0 Å². The van der Waals surface area contributed by atoms with Crippen LogP contribution in [0.5, 0.6) is 11.5 Å². The van der Waals surface area contributed by atoms with Crippen molar-refractivity contribution in [3.8, 4) is 17.6 Å². The standard InChI is InChI=1S/C23H18N4O5/c24-11-16-21(13-4-9-19-20(10-13)32-12-31-19)22-17(2-1-3-18(22)28)26(23(16)25)14-5-7-15(8-6-14)27(29)30/h4-10,21H,1-3,12,25H2. The van der Waals surface area contributed by atoms with Gasteiger partial charge in [0.05, 0.1) is 22.5 Å². The molecule has 0 spiro atoms. The first kappa shape index (κ1) is 19.6. The molecule has 1 unspecified atom stereocenters. The number of nitriles is 1. The highest BCUT2D eigenvalue weighted by Crippen LogP contribution is 2.47. The zero-order chi connectivity index (χ0) is 22.4. The summed E-state index contributed by atoms with van der Waals surface area (Å²) >= 11 is 0. The van der Waals surface area contributed by atoms with Gasteiger partial charge in [0.15, 0.2) is 17.3 Å². The van der Waals surface area contributed by atoms with Gasteiger partial charge < -0.3 is 15.2 Å². The smallest absolute Gasteiger partial charge is 0.269 e. The zero-order valence-electron chi connectivity index (χ0n) is 16.9. The van der Waals surface area contributed by atoms with Crippen molar-refractivity contribution in [3.05, 3.63) is 80.8 Å². The number of nitro benzene ring substituents is 1. The Morgan fingerprint density at radius 2 is 1.88 bits per heavy atom. The molecule has 3 aliphatic rings. The first-order valence-corrected chi connectivity index (χ1v) is 10.1. The molecule has 0 fully saturated rings. The molecule has 0 saturated heterocycles. The van der Waals surface area contributed by atoms with E-state index in [4.69, 9.17) is 15.2 Å². The summed E-state index contributed by atoms with van der Waals surface area (Å²) in [4.78, 5) is 25.4. The van der Waals surface area contributed by atoms with E-state index >= 15 is 0 Å². The quantitative estimate of drug-likeness (QED) is 0.577. The Bertz CT molecular complexity index is 1260. The van der Waals surface area contributed by atoms with Gasteiger partial charge in [-0.25, -0.2) is 0 Å². The molecule has 9 heteroatoms. The molecule has 1 atom stereocenters. The van der Waals surface area contributed by atoms with Gasteiger partial charge in [0.25, 0.3) is 5.69 Å². The van der Waals surface area contributed by atoms with Crippen molar-refractivity contribution < 1.29 is 19.2 Å². The van der Waals surface area contributed by atoms with E-state index in [2.05, 4.69) is 6.07 Å². The lowest BCUT2D eigenvalue weighted by Crippen LogP contribution is -2.38. The second-order valence-electron chi connectivity index (χ2n) is 7.70. The van der Waals surface area contributed by atoms with E-state index in [0.717, 1.165) is 5.56 Å². The Labute approximate surface area is 183 Å². The minimum Gasteiger partial charge on any atom is -0.454 e. The lowest BCUT2D eigenvalue weighted by molar-refractivity contribution is -0.384. The summed E-state index contributed by atoms with van der Waals surface area (Å²) in [6, 6.07) is 13.5. The van der Waals surface area contributed by atoms with Crippen molar-refractivity contribution >= 4 is 17.2 Å². The predicted octanol–water partition coefficient (Wildman–Crippen LogP) is 3.63. The molecule has 1 aliphatic carbocycles. The summed E-state index contributed by atoms with van der Waals surface area (Å²) in [7, 11) is 0. The first-order valence-electron chi connectivity index (χ1n) is 10.1. The first-order chi connectivity index (χ1) is 15.5. The SMILES string of the molecule is N#CC1=C(N)N(c2ccc([N+](=O)[O-])cc2)C2=C(C(=O)CCC2)C1c1ccc2c(c1)OCO2. The van der Waals surface area contributed by atoms with Gasteiger partial charge >= 0.3 is 0 Å². The summed E-state index contributed by atoms with van der Waals surface area (Å²) in [6.07, 6.45) is 1.63. The van der Waals surface area contributed by atoms with Gasteiger partial charge in [-0.2, -0.15) is 5.26 Å². The van der Waals surface area contributed by atoms with E-state index in [1.54, 1.807) is 29.2 Å². The number of hydrogen-bond acceptors (Lipinski definition) is 8. The maximum absolute atomic E-state index is 13.1. The van der Waals surface area contributed by atoms with Gasteiger partial charge in [0.1, 0.15) is 5.82 Å². The van der Waals surface area contributed by atoms with E-state index in [0.29, 0.717) is 47.7 Å². The number of rotatable bonds is 3. The summed E-state index contributed by atoms with van der Waals surface area (Å²) in [6.45, 7) is 0.118. The fraction of sp³-hybridized carbons (Fsp3) is 0.217. The summed E-state index contributed by atoms with van der Waals surface area (Å²) in [5.74, 6) is 0.711. The van der Waals surface area contributed by atoms with Crippen LogP contribution in [-0.2, 0) is 4.79 Å². The molecule has 0 aromatic heterocycles. The molecule has 5 rings (SSSR count). The lowest BCUT2D eigenvalue weighted by atomic mass is 9.75. The predicted molar refractivity (Wildman–Crippen MR) is 114 cm³/mol. The molecule has 2 N–H and O–H groups in total. The maximum Gasteiger partial charge on any atom is 0.269 e. The van der Waals surface area contributed by atoms with Crippen LogP contribution in [0.2, 0.25) is 0 Å². The van der Waals surface area contributed by atoms with Crippen LogP contribution >= 0.6 is 0 Å². The van der Waals surface area contributed by atoms with Gasteiger partial charge in [-0.1, -0.05) is 6.07 Å². The summed E-state index contributed by atoms with van der Waals surface area (Å²) in [5.41, 5.74) is 9.22. The Balaban J connectivity index is 1.68. The largest absolute Gasteiger partial charge is 0.454 e. The third-order valence-corrected chi connectivity index (χ3v) is 5.96. The molecular formula is C23H18N4O5. The number of non-ortho nitro benzene ring substituents is 1. The van der Waals surface area contributed by atoms with Gasteiger partial charge in [-0.3, -0.25) is 19.8 Å². The Morgan fingerprint density at radius 1 is 1.12 bits per heavy atom. The van der Waals surface area contributed by atoms with Gasteiger partial charge in [-0.15, -0.1) is 0 Å². The number of ether oxygens (including phenoxy) is 2. The Kier molecular flexibility index (Phi) is 4.56. The molecule has 0 amide bonds. The normalized spacial score (nSPS) is 19.7. The van der Waals surface area contributed by atoms with Gasteiger partial charge in [0, 0.05) is 35.5 Å². The van der Waals surface area contributed by atoms with Crippen LogP contribution in [0.3, 0.4) is 0 Å². The number of nitro groups is 1. The highest BCUT2D eigenvalue weighted by molar-refractivity contribution is 6.01. The van der Waals surface area contributed by atoms with Crippen molar-refractivity contribution in [2.75, 3.05) is 11.7 Å². The molecule has 2 aliphatic heterocycles. The van der Waals surface area contributed by atoms with E-state index in [1.165, 1.54) is 12.1 Å². The number of hydrogen-bond donors (Lipinski definition) is 1. The molecule has 9 nitrogen and oxygen atoms in total. The third-order valence-electron chi connectivity index (χ3n) is 5.96. The number of nitrogens with two attached hydrogens (primary N) is 1. The van der Waals surface area contributed by atoms with Crippen LogP contribution < -0.4 is 20.1 Å². The molecule has 0 saturated carbocycles. The minimum atomic E-state index is -0.619. The van der Waals surface area contributed by atoms with Crippen molar-refractivity contribution in [2.24, 2.45) is 5.73 Å².